The highest BCUT2D eigenvalue weighted by molar-refractivity contribution is 5.97. The van der Waals surface area contributed by atoms with E-state index in [2.05, 4.69) is 5.16 Å². The van der Waals surface area contributed by atoms with Crippen LogP contribution >= 0.6 is 0 Å². The number of hydrogen-bond acceptors (Lipinski definition) is 2. The summed E-state index contributed by atoms with van der Waals surface area (Å²) in [4.78, 5) is 4.76. The summed E-state index contributed by atoms with van der Waals surface area (Å²) >= 11 is 0. The Kier molecular flexibility index (Phi) is 4.63. The third-order valence-electron chi connectivity index (χ3n) is 1.24. The van der Waals surface area contributed by atoms with Crippen molar-refractivity contribution in [1.82, 2.24) is 0 Å². The van der Waals surface area contributed by atoms with E-state index < -0.39 is 0 Å². The number of allylic oxidation sites excluding steroid dienone is 1. The van der Waals surface area contributed by atoms with Crippen molar-refractivity contribution in [2.45, 2.75) is 27.7 Å². The van der Waals surface area contributed by atoms with Crippen LogP contribution in [0.25, 0.3) is 0 Å². The second-order valence-electron chi connectivity index (χ2n) is 1.86. The van der Waals surface area contributed by atoms with Crippen LogP contribution in [0.5, 0.6) is 0 Å². The molecule has 0 fully saturated rings. The van der Waals surface area contributed by atoms with Gasteiger partial charge in [-0.1, -0.05) is 19.0 Å². The Morgan fingerprint density at radius 1 is 1.40 bits per heavy atom. The topological polar surface area (TPSA) is 21.6 Å². The van der Waals surface area contributed by atoms with Crippen LogP contribution in [-0.2, 0) is 4.84 Å². The number of hydrogen-bond donors (Lipinski definition) is 0. The maximum atomic E-state index is 4.76. The third-order valence-corrected chi connectivity index (χ3v) is 1.24. The largest absolute Gasteiger partial charge is 0.391 e. The molecule has 2 nitrogen and oxygen atoms in total. The zero-order valence-electron chi connectivity index (χ0n) is 7.14. The van der Waals surface area contributed by atoms with Crippen molar-refractivity contribution in [2.75, 3.05) is 6.61 Å². The molecule has 0 saturated carbocycles. The molecule has 2 heteroatoms. The Labute approximate surface area is 62.6 Å². The molecule has 1 aliphatic rings. The molecule has 0 spiro atoms. The van der Waals surface area contributed by atoms with Crippen molar-refractivity contribution in [3.8, 4) is 0 Å². The van der Waals surface area contributed by atoms with E-state index in [9.17, 15) is 0 Å². The smallest absolute Gasteiger partial charge is 0.136 e. The standard InChI is InChI=1S/C6H9NO.C2H6/c1-5-3-4-8-7-6(5)2;1-2/h3H,4H2,1-2H3;1-2H3. The minimum atomic E-state index is 0.628. The predicted molar refractivity (Wildman–Crippen MR) is 44.2 cm³/mol. The fraction of sp³-hybridized carbons (Fsp3) is 0.625. The summed E-state index contributed by atoms with van der Waals surface area (Å²) in [5, 5.41) is 3.76. The van der Waals surface area contributed by atoms with Crippen LogP contribution in [0.15, 0.2) is 16.8 Å². The average molecular weight is 141 g/mol. The lowest BCUT2D eigenvalue weighted by Crippen LogP contribution is -2.02. The normalized spacial score (nSPS) is 15.6. The van der Waals surface area contributed by atoms with Crippen molar-refractivity contribution in [2.24, 2.45) is 5.16 Å². The lowest BCUT2D eigenvalue weighted by atomic mass is 10.2. The van der Waals surface area contributed by atoms with Gasteiger partial charge < -0.3 is 4.84 Å². The molecule has 1 aliphatic heterocycles. The summed E-state index contributed by atoms with van der Waals surface area (Å²) in [6.45, 7) is 8.59. The molecule has 0 radical (unpaired) electrons. The van der Waals surface area contributed by atoms with E-state index in [1.165, 1.54) is 5.57 Å². The number of oxime groups is 1. The molecule has 0 N–H and O–H groups in total. The Hall–Kier alpha value is -0.790. The molecule has 0 aliphatic carbocycles. The van der Waals surface area contributed by atoms with E-state index in [1.807, 2.05) is 33.8 Å². The van der Waals surface area contributed by atoms with Gasteiger partial charge in [0.1, 0.15) is 6.61 Å². The third kappa shape index (κ3) is 2.67. The van der Waals surface area contributed by atoms with Gasteiger partial charge in [0.05, 0.1) is 5.71 Å². The fourth-order valence-corrected chi connectivity index (χ4v) is 0.516. The van der Waals surface area contributed by atoms with Crippen LogP contribution in [0, 0.1) is 0 Å². The Morgan fingerprint density at radius 3 is 2.30 bits per heavy atom. The molecule has 58 valence electrons. The molecule has 0 aromatic rings. The van der Waals surface area contributed by atoms with E-state index in [-0.39, 0.29) is 0 Å². The van der Waals surface area contributed by atoms with Crippen LogP contribution in [0.4, 0.5) is 0 Å². The second-order valence-corrected chi connectivity index (χ2v) is 1.86. The lowest BCUT2D eigenvalue weighted by Gasteiger charge is -2.05. The van der Waals surface area contributed by atoms with Crippen molar-refractivity contribution >= 4 is 5.71 Å². The van der Waals surface area contributed by atoms with Crippen molar-refractivity contribution in [1.29, 1.82) is 0 Å². The van der Waals surface area contributed by atoms with Gasteiger partial charge in [-0.05, 0) is 25.5 Å². The van der Waals surface area contributed by atoms with Gasteiger partial charge in [-0.25, -0.2) is 0 Å². The molecule has 0 bridgehead atoms. The zero-order valence-corrected chi connectivity index (χ0v) is 7.14. The minimum absolute atomic E-state index is 0.628. The first-order chi connectivity index (χ1) is 4.80. The lowest BCUT2D eigenvalue weighted by molar-refractivity contribution is 0.170. The fourth-order valence-electron chi connectivity index (χ4n) is 0.516. The van der Waals surface area contributed by atoms with Crippen molar-refractivity contribution in [3.63, 3.8) is 0 Å². The monoisotopic (exact) mass is 141 g/mol. The molecular formula is C8H15NO. The molecular weight excluding hydrogens is 126 g/mol. The van der Waals surface area contributed by atoms with Crippen molar-refractivity contribution in [3.05, 3.63) is 11.6 Å². The van der Waals surface area contributed by atoms with Crippen LogP contribution in [0.2, 0.25) is 0 Å². The van der Waals surface area contributed by atoms with Crippen LogP contribution < -0.4 is 0 Å². The second kappa shape index (κ2) is 5.03. The number of nitrogens with zero attached hydrogens (tertiary/aromatic N) is 1. The van der Waals surface area contributed by atoms with E-state index in [4.69, 9.17) is 4.84 Å². The Bertz CT molecular complexity index is 129. The van der Waals surface area contributed by atoms with Gasteiger partial charge >= 0.3 is 0 Å². The van der Waals surface area contributed by atoms with E-state index in [0.29, 0.717) is 6.61 Å². The van der Waals surface area contributed by atoms with Crippen LogP contribution in [-0.4, -0.2) is 12.3 Å². The first-order valence-corrected chi connectivity index (χ1v) is 3.64. The van der Waals surface area contributed by atoms with Gasteiger partial charge in [-0.3, -0.25) is 0 Å². The molecule has 1 rings (SSSR count). The first kappa shape index (κ1) is 9.21. The van der Waals surface area contributed by atoms with Gasteiger partial charge in [-0.2, -0.15) is 0 Å². The number of rotatable bonds is 0. The molecule has 0 saturated heterocycles. The SMILES string of the molecule is CC.CC1=CCON=C1C. The van der Waals surface area contributed by atoms with Gasteiger partial charge in [0.15, 0.2) is 0 Å². The highest BCUT2D eigenvalue weighted by Gasteiger charge is 1.98. The van der Waals surface area contributed by atoms with E-state index >= 15 is 0 Å². The highest BCUT2D eigenvalue weighted by atomic mass is 16.6. The molecule has 0 atom stereocenters. The molecule has 0 unspecified atom stereocenters. The minimum Gasteiger partial charge on any atom is -0.391 e. The maximum Gasteiger partial charge on any atom is 0.136 e. The van der Waals surface area contributed by atoms with E-state index in [0.717, 1.165) is 5.71 Å². The van der Waals surface area contributed by atoms with Crippen molar-refractivity contribution < 1.29 is 4.84 Å². The molecule has 10 heavy (non-hydrogen) atoms. The Balaban J connectivity index is 0.000000371. The van der Waals surface area contributed by atoms with Gasteiger partial charge in [0.25, 0.3) is 0 Å². The quantitative estimate of drug-likeness (QED) is 0.507. The first-order valence-electron chi connectivity index (χ1n) is 3.64. The molecule has 0 aromatic heterocycles. The average Bonchev–Trinajstić information content (AvgIpc) is 2.00. The summed E-state index contributed by atoms with van der Waals surface area (Å²) in [5.74, 6) is 0. The summed E-state index contributed by atoms with van der Waals surface area (Å²) in [7, 11) is 0. The summed E-state index contributed by atoms with van der Waals surface area (Å²) < 4.78 is 0. The highest BCUT2D eigenvalue weighted by Crippen LogP contribution is 2.01. The summed E-state index contributed by atoms with van der Waals surface area (Å²) in [5.41, 5.74) is 2.20. The van der Waals surface area contributed by atoms with Gasteiger partial charge in [0.2, 0.25) is 0 Å². The molecule has 0 amide bonds. The molecule has 0 aromatic carbocycles. The maximum absolute atomic E-state index is 4.76. The van der Waals surface area contributed by atoms with Crippen LogP contribution in [0.1, 0.15) is 27.7 Å². The Morgan fingerprint density at radius 2 is 2.00 bits per heavy atom. The van der Waals surface area contributed by atoms with Gasteiger partial charge in [-0.15, -0.1) is 0 Å². The molecule has 1 heterocycles. The summed E-state index contributed by atoms with van der Waals surface area (Å²) in [6.07, 6.45) is 2.02. The summed E-state index contributed by atoms with van der Waals surface area (Å²) in [6, 6.07) is 0. The zero-order chi connectivity index (χ0) is 7.98. The van der Waals surface area contributed by atoms with Gasteiger partial charge in [0, 0.05) is 0 Å². The van der Waals surface area contributed by atoms with Crippen LogP contribution in [0.3, 0.4) is 0 Å². The predicted octanol–water partition coefficient (Wildman–Crippen LogP) is 2.37. The van der Waals surface area contributed by atoms with E-state index in [1.54, 1.807) is 0 Å².